The summed E-state index contributed by atoms with van der Waals surface area (Å²) in [5.74, 6) is -1.59. The average molecular weight is 275 g/mol. The van der Waals surface area contributed by atoms with Crippen LogP contribution < -0.4 is 10.6 Å². The maximum atomic E-state index is 12.9. The van der Waals surface area contributed by atoms with E-state index in [-0.39, 0.29) is 11.4 Å². The van der Waals surface area contributed by atoms with Gasteiger partial charge in [-0.1, -0.05) is 11.6 Å². The molecule has 0 spiro atoms. The lowest BCUT2D eigenvalue weighted by molar-refractivity contribution is -0.137. The van der Waals surface area contributed by atoms with Crippen molar-refractivity contribution in [1.29, 1.82) is 0 Å². The lowest BCUT2D eigenvalue weighted by atomic mass is 10.2. The van der Waals surface area contributed by atoms with E-state index in [4.69, 9.17) is 16.7 Å². The molecule has 1 unspecified atom stereocenters. The van der Waals surface area contributed by atoms with E-state index >= 15 is 0 Å². The fourth-order valence-corrected chi connectivity index (χ4v) is 1.46. The highest BCUT2D eigenvalue weighted by molar-refractivity contribution is 6.31. The van der Waals surface area contributed by atoms with Crippen molar-refractivity contribution in [3.8, 4) is 0 Å². The monoisotopic (exact) mass is 274 g/mol. The summed E-state index contributed by atoms with van der Waals surface area (Å²) in [6, 6.07) is 2.64. The third-order valence-electron chi connectivity index (χ3n) is 2.04. The number of carboxylic acid groups (broad SMARTS) is 1. The normalized spacial score (nSPS) is 11.7. The number of urea groups is 1. The molecule has 0 aliphatic rings. The number of carbonyl (C=O) groups excluding carboxylic acids is 1. The second kappa shape index (κ2) is 6.20. The second-order valence-corrected chi connectivity index (χ2v) is 4.13. The van der Waals surface area contributed by atoms with Crippen LogP contribution in [0, 0.1) is 5.82 Å². The van der Waals surface area contributed by atoms with Crippen molar-refractivity contribution < 1.29 is 19.1 Å². The fourth-order valence-electron chi connectivity index (χ4n) is 1.28. The van der Waals surface area contributed by atoms with Crippen LogP contribution in [0.4, 0.5) is 14.9 Å². The van der Waals surface area contributed by atoms with Crippen molar-refractivity contribution in [3.63, 3.8) is 0 Å². The Kier molecular flexibility index (Phi) is 4.91. The largest absolute Gasteiger partial charge is 0.481 e. The molecule has 7 heteroatoms. The average Bonchev–Trinajstić information content (AvgIpc) is 2.21. The molecule has 0 radical (unpaired) electrons. The van der Waals surface area contributed by atoms with Crippen LogP contribution in [-0.4, -0.2) is 23.1 Å². The number of amides is 2. The minimum absolute atomic E-state index is 0.105. The van der Waals surface area contributed by atoms with Crippen LogP contribution in [0.15, 0.2) is 18.2 Å². The molecule has 0 aromatic heterocycles. The first-order valence-electron chi connectivity index (χ1n) is 5.13. The molecule has 5 nitrogen and oxygen atoms in total. The van der Waals surface area contributed by atoms with Gasteiger partial charge in [0.2, 0.25) is 0 Å². The molecule has 1 rings (SSSR count). The molecule has 0 aliphatic carbocycles. The zero-order valence-electron chi connectivity index (χ0n) is 9.54. The summed E-state index contributed by atoms with van der Waals surface area (Å²) in [5, 5.41) is 13.3. The standard InChI is InChI=1S/C11H12ClFN2O3/c1-6(4-10(16)17)14-11(18)15-7-2-3-9(13)8(12)5-7/h2-3,5-6H,4H2,1H3,(H,16,17)(H2,14,15,18). The van der Waals surface area contributed by atoms with Crippen molar-refractivity contribution >= 4 is 29.3 Å². The van der Waals surface area contributed by atoms with Gasteiger partial charge in [-0.3, -0.25) is 4.79 Å². The Morgan fingerprint density at radius 2 is 2.17 bits per heavy atom. The Morgan fingerprint density at radius 3 is 2.72 bits per heavy atom. The first-order valence-corrected chi connectivity index (χ1v) is 5.50. The molecule has 0 fully saturated rings. The van der Waals surface area contributed by atoms with Crippen LogP contribution in [0.1, 0.15) is 13.3 Å². The zero-order chi connectivity index (χ0) is 13.7. The third-order valence-corrected chi connectivity index (χ3v) is 2.33. The van der Waals surface area contributed by atoms with E-state index in [0.29, 0.717) is 5.69 Å². The van der Waals surface area contributed by atoms with Gasteiger partial charge in [0.25, 0.3) is 0 Å². The molecular weight excluding hydrogens is 263 g/mol. The number of halogens is 2. The number of anilines is 1. The Balaban J connectivity index is 2.54. The van der Waals surface area contributed by atoms with Crippen molar-refractivity contribution in [2.75, 3.05) is 5.32 Å². The summed E-state index contributed by atoms with van der Waals surface area (Å²) in [6.45, 7) is 1.56. The lowest BCUT2D eigenvalue weighted by Crippen LogP contribution is -2.37. The van der Waals surface area contributed by atoms with Gasteiger partial charge in [0.15, 0.2) is 0 Å². The molecule has 1 aromatic rings. The highest BCUT2D eigenvalue weighted by Crippen LogP contribution is 2.19. The van der Waals surface area contributed by atoms with E-state index in [1.807, 2.05) is 0 Å². The van der Waals surface area contributed by atoms with E-state index < -0.39 is 23.9 Å². The topological polar surface area (TPSA) is 78.4 Å². The van der Waals surface area contributed by atoms with E-state index in [9.17, 15) is 14.0 Å². The Hall–Kier alpha value is -1.82. The van der Waals surface area contributed by atoms with Gasteiger partial charge in [-0.15, -0.1) is 0 Å². The number of carboxylic acids is 1. The molecule has 0 heterocycles. The number of nitrogens with one attached hydrogen (secondary N) is 2. The van der Waals surface area contributed by atoms with Crippen molar-refractivity contribution in [2.45, 2.75) is 19.4 Å². The fraction of sp³-hybridized carbons (Fsp3) is 0.273. The van der Waals surface area contributed by atoms with Crippen LogP contribution >= 0.6 is 11.6 Å². The van der Waals surface area contributed by atoms with Crippen molar-refractivity contribution in [2.24, 2.45) is 0 Å². The number of hydrogen-bond donors (Lipinski definition) is 3. The minimum atomic E-state index is -1.01. The number of carbonyl (C=O) groups is 2. The van der Waals surface area contributed by atoms with E-state index in [1.54, 1.807) is 6.92 Å². The number of hydrogen-bond acceptors (Lipinski definition) is 2. The van der Waals surface area contributed by atoms with Crippen molar-refractivity contribution in [3.05, 3.63) is 29.0 Å². The molecule has 1 atom stereocenters. The number of rotatable bonds is 4. The highest BCUT2D eigenvalue weighted by Gasteiger charge is 2.11. The second-order valence-electron chi connectivity index (χ2n) is 3.73. The van der Waals surface area contributed by atoms with Crippen LogP contribution in [0.25, 0.3) is 0 Å². The maximum Gasteiger partial charge on any atom is 0.319 e. The molecule has 0 saturated carbocycles. The third kappa shape index (κ3) is 4.58. The zero-order valence-corrected chi connectivity index (χ0v) is 10.3. The van der Waals surface area contributed by atoms with Crippen LogP contribution in [-0.2, 0) is 4.79 Å². The SMILES string of the molecule is CC(CC(=O)O)NC(=O)Nc1ccc(F)c(Cl)c1. The maximum absolute atomic E-state index is 12.9. The lowest BCUT2D eigenvalue weighted by Gasteiger charge is -2.12. The molecular formula is C11H12ClFN2O3. The summed E-state index contributed by atoms with van der Waals surface area (Å²) in [5.41, 5.74) is 0.321. The smallest absolute Gasteiger partial charge is 0.319 e. The Labute approximate surface area is 108 Å². The van der Waals surface area contributed by atoms with Crippen LogP contribution in [0.2, 0.25) is 5.02 Å². The summed E-state index contributed by atoms with van der Waals surface area (Å²) < 4.78 is 12.9. The molecule has 0 saturated heterocycles. The van der Waals surface area contributed by atoms with Gasteiger partial charge in [-0.05, 0) is 25.1 Å². The van der Waals surface area contributed by atoms with Crippen molar-refractivity contribution in [1.82, 2.24) is 5.32 Å². The quantitative estimate of drug-likeness (QED) is 0.789. The summed E-state index contributed by atoms with van der Waals surface area (Å²) in [6.07, 6.45) is -0.183. The molecule has 3 N–H and O–H groups in total. The van der Waals surface area contributed by atoms with E-state index in [1.165, 1.54) is 12.1 Å². The molecule has 1 aromatic carbocycles. The molecule has 18 heavy (non-hydrogen) atoms. The van der Waals surface area contributed by atoms with E-state index in [0.717, 1.165) is 6.07 Å². The Morgan fingerprint density at radius 1 is 1.50 bits per heavy atom. The van der Waals surface area contributed by atoms with Gasteiger partial charge >= 0.3 is 12.0 Å². The van der Waals surface area contributed by atoms with Gasteiger partial charge < -0.3 is 15.7 Å². The predicted octanol–water partition coefficient (Wildman–Crippen LogP) is 2.46. The van der Waals surface area contributed by atoms with E-state index in [2.05, 4.69) is 10.6 Å². The summed E-state index contributed by atoms with van der Waals surface area (Å²) in [4.78, 5) is 21.8. The summed E-state index contributed by atoms with van der Waals surface area (Å²) in [7, 11) is 0. The highest BCUT2D eigenvalue weighted by atomic mass is 35.5. The van der Waals surface area contributed by atoms with Gasteiger partial charge in [0, 0.05) is 11.7 Å². The Bertz CT molecular complexity index is 468. The summed E-state index contributed by atoms with van der Waals surface area (Å²) >= 11 is 5.55. The van der Waals surface area contributed by atoms with Gasteiger partial charge in [0.1, 0.15) is 5.82 Å². The van der Waals surface area contributed by atoms with Crippen LogP contribution in [0.5, 0.6) is 0 Å². The number of aliphatic carboxylic acids is 1. The molecule has 2 amide bonds. The van der Waals surface area contributed by atoms with Gasteiger partial charge in [0.05, 0.1) is 11.4 Å². The molecule has 98 valence electrons. The predicted molar refractivity (Wildman–Crippen MR) is 65.3 cm³/mol. The first kappa shape index (κ1) is 14.2. The molecule has 0 bridgehead atoms. The van der Waals surface area contributed by atoms with Crippen LogP contribution in [0.3, 0.4) is 0 Å². The molecule has 0 aliphatic heterocycles. The minimum Gasteiger partial charge on any atom is -0.481 e. The first-order chi connectivity index (χ1) is 8.38. The number of benzene rings is 1. The van der Waals surface area contributed by atoms with Gasteiger partial charge in [-0.25, -0.2) is 9.18 Å². The van der Waals surface area contributed by atoms with Gasteiger partial charge in [-0.2, -0.15) is 0 Å².